The number of furan rings is 1. The molecule has 0 atom stereocenters. The van der Waals surface area contributed by atoms with Crippen molar-refractivity contribution in [1.29, 1.82) is 0 Å². The van der Waals surface area contributed by atoms with E-state index in [9.17, 15) is 4.79 Å². The molecule has 5 rings (SSSR count). The van der Waals surface area contributed by atoms with Crippen LogP contribution >= 0.6 is 39.0 Å². The highest BCUT2D eigenvalue weighted by Gasteiger charge is 2.39. The molecule has 1 aromatic carbocycles. The average molecular weight is 528 g/mol. The van der Waals surface area contributed by atoms with Crippen LogP contribution in [0.1, 0.15) is 43.6 Å². The molecule has 3 heterocycles. The van der Waals surface area contributed by atoms with E-state index in [0.717, 1.165) is 52.3 Å². The van der Waals surface area contributed by atoms with Crippen LogP contribution in [0.2, 0.25) is 0 Å². The summed E-state index contributed by atoms with van der Waals surface area (Å²) < 4.78 is 7.05. The van der Waals surface area contributed by atoms with Crippen molar-refractivity contribution in [1.82, 2.24) is 9.88 Å². The molecule has 3 aromatic rings. The summed E-state index contributed by atoms with van der Waals surface area (Å²) in [5.74, 6) is 1.44. The summed E-state index contributed by atoms with van der Waals surface area (Å²) in [5, 5.41) is 3.40. The summed E-state index contributed by atoms with van der Waals surface area (Å²) >= 11 is 6.37. The normalized spacial score (nSPS) is 20.1. The summed E-state index contributed by atoms with van der Waals surface area (Å²) in [6, 6.07) is 12.0. The zero-order valence-electron chi connectivity index (χ0n) is 17.6. The highest BCUT2D eigenvalue weighted by atomic mass is 79.9. The second-order valence-corrected chi connectivity index (χ2v) is 10.7. The Labute approximate surface area is 203 Å². The van der Waals surface area contributed by atoms with E-state index in [0.29, 0.717) is 15.8 Å². The number of aromatic nitrogens is 1. The van der Waals surface area contributed by atoms with E-state index in [2.05, 4.69) is 20.9 Å². The number of amides is 1. The number of nitrogens with zero attached hydrogens (tertiary/aromatic N) is 3. The number of carbonyl (C=O) groups excluding carboxylic acids is 1. The van der Waals surface area contributed by atoms with Crippen LogP contribution in [-0.2, 0) is 4.79 Å². The Morgan fingerprint density at radius 2 is 1.94 bits per heavy atom. The van der Waals surface area contributed by atoms with Crippen molar-refractivity contribution in [2.24, 2.45) is 4.99 Å². The Balaban J connectivity index is 1.45. The van der Waals surface area contributed by atoms with Gasteiger partial charge in [0.25, 0.3) is 5.91 Å². The molecule has 1 saturated heterocycles. The Bertz CT molecular complexity index is 1190. The van der Waals surface area contributed by atoms with E-state index in [1.807, 2.05) is 59.7 Å². The summed E-state index contributed by atoms with van der Waals surface area (Å²) in [7, 11) is 0. The number of aliphatic imine (C=N–C) groups is 1. The molecule has 164 valence electrons. The standard InChI is InChI=1S/C24H22BrN3O2S2/c1-15-14-31-23(26-15)27-24-28(18-5-3-2-4-6-18)22(29)21(32-24)13-19-11-12-20(30-19)16-7-9-17(25)10-8-16/h7-14,18H,2-6H2,1H3/b21-13+,27-24+. The number of hydrogen-bond donors (Lipinski definition) is 0. The Morgan fingerprint density at radius 3 is 2.66 bits per heavy atom. The molecular weight excluding hydrogens is 506 g/mol. The third-order valence-electron chi connectivity index (χ3n) is 5.60. The monoisotopic (exact) mass is 527 g/mol. The molecule has 2 aliphatic rings. The summed E-state index contributed by atoms with van der Waals surface area (Å²) in [4.78, 5) is 25.2. The Morgan fingerprint density at radius 1 is 1.16 bits per heavy atom. The molecule has 2 fully saturated rings. The number of carbonyl (C=O) groups is 1. The van der Waals surface area contributed by atoms with E-state index < -0.39 is 0 Å². The SMILES string of the molecule is Cc1csc(/N=C2/S/C(=C/c3ccc(-c4ccc(Br)cc4)o3)C(=O)N2C2CCCCC2)n1. The molecule has 8 heteroatoms. The highest BCUT2D eigenvalue weighted by molar-refractivity contribution is 9.10. The first-order valence-corrected chi connectivity index (χ1v) is 13.2. The van der Waals surface area contributed by atoms with E-state index in [4.69, 9.17) is 9.41 Å². The molecule has 1 amide bonds. The number of benzene rings is 1. The van der Waals surface area contributed by atoms with Crippen LogP contribution in [0.3, 0.4) is 0 Å². The fourth-order valence-corrected chi connectivity index (χ4v) is 6.04. The molecule has 2 aromatic heterocycles. The minimum Gasteiger partial charge on any atom is -0.457 e. The van der Waals surface area contributed by atoms with Gasteiger partial charge in [-0.3, -0.25) is 9.69 Å². The molecule has 0 spiro atoms. The van der Waals surface area contributed by atoms with E-state index in [1.165, 1.54) is 29.5 Å². The fraction of sp³-hybridized carbons (Fsp3) is 0.292. The number of rotatable bonds is 4. The van der Waals surface area contributed by atoms with Gasteiger partial charge in [-0.25, -0.2) is 4.98 Å². The molecule has 5 nitrogen and oxygen atoms in total. The fourth-order valence-electron chi connectivity index (χ4n) is 4.03. The van der Waals surface area contributed by atoms with Crippen molar-refractivity contribution in [2.75, 3.05) is 0 Å². The lowest BCUT2D eigenvalue weighted by molar-refractivity contribution is -0.124. The van der Waals surface area contributed by atoms with Gasteiger partial charge in [0.2, 0.25) is 5.13 Å². The van der Waals surface area contributed by atoms with Crippen molar-refractivity contribution in [3.05, 3.63) is 62.6 Å². The maximum atomic E-state index is 13.4. The minimum absolute atomic E-state index is 0.00974. The maximum absolute atomic E-state index is 13.4. The lowest BCUT2D eigenvalue weighted by atomic mass is 9.94. The second-order valence-electron chi connectivity index (χ2n) is 7.95. The zero-order valence-corrected chi connectivity index (χ0v) is 20.8. The first-order chi connectivity index (χ1) is 15.6. The topological polar surface area (TPSA) is 58.7 Å². The first kappa shape index (κ1) is 21.7. The number of thioether (sulfide) groups is 1. The molecular formula is C24H22BrN3O2S2. The number of halogens is 1. The number of aryl methyl sites for hydroxylation is 1. The quantitative estimate of drug-likeness (QED) is 0.331. The van der Waals surface area contributed by atoms with Crippen LogP contribution in [0.15, 0.2) is 60.6 Å². The van der Waals surface area contributed by atoms with Crippen molar-refractivity contribution in [3.63, 3.8) is 0 Å². The molecule has 1 saturated carbocycles. The van der Waals surface area contributed by atoms with Crippen LogP contribution in [0.5, 0.6) is 0 Å². The number of hydrogen-bond acceptors (Lipinski definition) is 6. The summed E-state index contributed by atoms with van der Waals surface area (Å²) in [6.07, 6.45) is 7.40. The minimum atomic E-state index is 0.00974. The van der Waals surface area contributed by atoms with Gasteiger partial charge in [0.15, 0.2) is 5.17 Å². The predicted molar refractivity (Wildman–Crippen MR) is 135 cm³/mol. The van der Waals surface area contributed by atoms with E-state index in [1.54, 1.807) is 0 Å². The third kappa shape index (κ3) is 4.63. The van der Waals surface area contributed by atoms with Gasteiger partial charge in [-0.1, -0.05) is 47.3 Å². The molecule has 0 radical (unpaired) electrons. The van der Waals surface area contributed by atoms with Crippen molar-refractivity contribution in [3.8, 4) is 11.3 Å². The molecule has 0 unspecified atom stereocenters. The van der Waals surface area contributed by atoms with Gasteiger partial charge < -0.3 is 4.42 Å². The Kier molecular flexibility index (Phi) is 6.35. The van der Waals surface area contributed by atoms with Crippen LogP contribution in [0, 0.1) is 6.92 Å². The molecule has 0 bridgehead atoms. The summed E-state index contributed by atoms with van der Waals surface area (Å²) in [5.41, 5.74) is 1.94. The summed E-state index contributed by atoms with van der Waals surface area (Å²) in [6.45, 7) is 1.96. The number of thiazole rings is 1. The van der Waals surface area contributed by atoms with Gasteiger partial charge >= 0.3 is 0 Å². The van der Waals surface area contributed by atoms with Crippen LogP contribution in [-0.4, -0.2) is 27.0 Å². The van der Waals surface area contributed by atoms with Gasteiger partial charge in [-0.2, -0.15) is 4.99 Å². The zero-order chi connectivity index (χ0) is 22.1. The maximum Gasteiger partial charge on any atom is 0.267 e. The highest BCUT2D eigenvalue weighted by Crippen LogP contribution is 2.39. The van der Waals surface area contributed by atoms with Gasteiger partial charge in [0.1, 0.15) is 11.5 Å². The van der Waals surface area contributed by atoms with Gasteiger partial charge in [0, 0.05) is 27.5 Å². The lowest BCUT2D eigenvalue weighted by Crippen LogP contribution is -2.40. The van der Waals surface area contributed by atoms with Gasteiger partial charge in [0.05, 0.1) is 10.6 Å². The predicted octanol–water partition coefficient (Wildman–Crippen LogP) is 7.41. The first-order valence-electron chi connectivity index (χ1n) is 10.7. The van der Waals surface area contributed by atoms with Crippen molar-refractivity contribution >= 4 is 61.3 Å². The molecule has 1 aliphatic carbocycles. The molecule has 32 heavy (non-hydrogen) atoms. The molecule has 1 aliphatic heterocycles. The van der Waals surface area contributed by atoms with E-state index >= 15 is 0 Å². The second kappa shape index (κ2) is 9.37. The average Bonchev–Trinajstić information content (AvgIpc) is 3.50. The van der Waals surface area contributed by atoms with Crippen molar-refractivity contribution < 1.29 is 9.21 Å². The lowest BCUT2D eigenvalue weighted by Gasteiger charge is -2.30. The van der Waals surface area contributed by atoms with E-state index in [-0.39, 0.29) is 11.9 Å². The van der Waals surface area contributed by atoms with Crippen LogP contribution in [0.4, 0.5) is 5.13 Å². The largest absolute Gasteiger partial charge is 0.457 e. The third-order valence-corrected chi connectivity index (χ3v) is 7.97. The van der Waals surface area contributed by atoms with Crippen LogP contribution in [0.25, 0.3) is 17.4 Å². The Hall–Kier alpha value is -2.16. The van der Waals surface area contributed by atoms with Crippen LogP contribution < -0.4 is 0 Å². The molecule has 0 N–H and O–H groups in total. The van der Waals surface area contributed by atoms with Crippen molar-refractivity contribution in [2.45, 2.75) is 45.1 Å². The van der Waals surface area contributed by atoms with Gasteiger partial charge in [-0.05, 0) is 55.8 Å². The smallest absolute Gasteiger partial charge is 0.267 e. The van der Waals surface area contributed by atoms with Gasteiger partial charge in [-0.15, -0.1) is 11.3 Å². The number of amidine groups is 1.